The fraction of sp³-hybridized carbons (Fsp3) is 0.0870. The molecule has 1 saturated heterocycles. The third kappa shape index (κ3) is 4.08. The number of aryl methyl sites for hydroxylation is 1. The summed E-state index contributed by atoms with van der Waals surface area (Å²) in [6, 6.07) is 13.6. The fourth-order valence-electron chi connectivity index (χ4n) is 3.71. The molecular weight excluding hydrogens is 492 g/mol. The van der Waals surface area contributed by atoms with Gasteiger partial charge in [0.1, 0.15) is 5.57 Å². The highest BCUT2D eigenvalue weighted by Crippen LogP contribution is 2.27. The molecule has 1 N–H and O–H groups in total. The SMILES string of the molecule is Cc1cc(/C=C2\C(=O)NC(=O)N(c3ccc(Br)cc3)C2=O)c(C)n1-c1cccc([N+](=O)[O-])c1. The van der Waals surface area contributed by atoms with Gasteiger partial charge in [-0.2, -0.15) is 0 Å². The summed E-state index contributed by atoms with van der Waals surface area (Å²) in [6.45, 7) is 3.59. The minimum Gasteiger partial charge on any atom is -0.318 e. The van der Waals surface area contributed by atoms with E-state index in [0.717, 1.165) is 15.1 Å². The van der Waals surface area contributed by atoms with Gasteiger partial charge in [0, 0.05) is 28.0 Å². The summed E-state index contributed by atoms with van der Waals surface area (Å²) in [5.74, 6) is -1.54. The van der Waals surface area contributed by atoms with Crippen LogP contribution in [0.1, 0.15) is 17.0 Å². The van der Waals surface area contributed by atoms with Gasteiger partial charge >= 0.3 is 6.03 Å². The van der Waals surface area contributed by atoms with Crippen molar-refractivity contribution in [2.45, 2.75) is 13.8 Å². The molecule has 4 rings (SSSR count). The molecule has 0 radical (unpaired) electrons. The Morgan fingerprint density at radius 3 is 2.36 bits per heavy atom. The lowest BCUT2D eigenvalue weighted by Gasteiger charge is -2.26. The van der Waals surface area contributed by atoms with Gasteiger partial charge in [-0.3, -0.25) is 25.0 Å². The predicted molar refractivity (Wildman–Crippen MR) is 125 cm³/mol. The lowest BCUT2D eigenvalue weighted by molar-refractivity contribution is -0.384. The normalized spacial score (nSPS) is 15.2. The van der Waals surface area contributed by atoms with Gasteiger partial charge in [0.25, 0.3) is 17.5 Å². The molecule has 2 aromatic carbocycles. The number of nitro groups is 1. The van der Waals surface area contributed by atoms with Crippen LogP contribution in [0.15, 0.2) is 64.6 Å². The fourth-order valence-corrected chi connectivity index (χ4v) is 3.98. The second kappa shape index (κ2) is 8.47. The zero-order valence-electron chi connectivity index (χ0n) is 17.5. The van der Waals surface area contributed by atoms with E-state index >= 15 is 0 Å². The zero-order valence-corrected chi connectivity index (χ0v) is 19.1. The molecule has 0 unspecified atom stereocenters. The molecule has 4 amide bonds. The highest BCUT2D eigenvalue weighted by atomic mass is 79.9. The Balaban J connectivity index is 1.76. The number of non-ortho nitro benzene ring substituents is 1. The van der Waals surface area contributed by atoms with E-state index in [1.165, 1.54) is 18.2 Å². The van der Waals surface area contributed by atoms with E-state index in [-0.39, 0.29) is 11.3 Å². The Bertz CT molecular complexity index is 1360. The van der Waals surface area contributed by atoms with Gasteiger partial charge in [-0.1, -0.05) is 22.0 Å². The molecule has 10 heteroatoms. The lowest BCUT2D eigenvalue weighted by atomic mass is 10.1. The van der Waals surface area contributed by atoms with Crippen LogP contribution < -0.4 is 10.2 Å². The van der Waals surface area contributed by atoms with E-state index < -0.39 is 22.8 Å². The molecule has 0 bridgehead atoms. The summed E-state index contributed by atoms with van der Waals surface area (Å²) >= 11 is 3.30. The number of urea groups is 1. The van der Waals surface area contributed by atoms with Gasteiger partial charge in [-0.25, -0.2) is 9.69 Å². The molecule has 9 nitrogen and oxygen atoms in total. The molecule has 0 atom stereocenters. The van der Waals surface area contributed by atoms with Crippen LogP contribution in [0.3, 0.4) is 0 Å². The molecule has 3 aromatic rings. The van der Waals surface area contributed by atoms with Crippen molar-refractivity contribution in [2.24, 2.45) is 0 Å². The molecule has 0 spiro atoms. The first-order valence-electron chi connectivity index (χ1n) is 9.78. The van der Waals surface area contributed by atoms with Crippen molar-refractivity contribution in [3.63, 3.8) is 0 Å². The highest BCUT2D eigenvalue weighted by Gasteiger charge is 2.37. The van der Waals surface area contributed by atoms with E-state index in [9.17, 15) is 24.5 Å². The Kier molecular flexibility index (Phi) is 5.69. The van der Waals surface area contributed by atoms with Gasteiger partial charge < -0.3 is 4.57 Å². The molecule has 1 fully saturated rings. The van der Waals surface area contributed by atoms with Crippen molar-refractivity contribution >= 4 is 51.2 Å². The number of carbonyl (C=O) groups excluding carboxylic acids is 3. The number of benzene rings is 2. The quantitative estimate of drug-likeness (QED) is 0.242. The summed E-state index contributed by atoms with van der Waals surface area (Å²) in [4.78, 5) is 49.6. The van der Waals surface area contributed by atoms with Crippen LogP contribution in [0.5, 0.6) is 0 Å². The summed E-state index contributed by atoms with van der Waals surface area (Å²) in [5.41, 5.74) is 2.65. The third-order valence-electron chi connectivity index (χ3n) is 5.26. The number of aromatic nitrogens is 1. The summed E-state index contributed by atoms with van der Waals surface area (Å²) in [6.07, 6.45) is 1.42. The maximum absolute atomic E-state index is 13.1. The van der Waals surface area contributed by atoms with Gasteiger partial charge in [-0.15, -0.1) is 0 Å². The number of nitrogens with one attached hydrogen (secondary N) is 1. The van der Waals surface area contributed by atoms with Crippen LogP contribution in [-0.2, 0) is 9.59 Å². The minimum atomic E-state index is -0.827. The molecule has 166 valence electrons. The Morgan fingerprint density at radius 2 is 1.70 bits per heavy atom. The Labute approximate surface area is 196 Å². The van der Waals surface area contributed by atoms with E-state index in [1.807, 2.05) is 6.92 Å². The van der Waals surface area contributed by atoms with Gasteiger partial charge in [-0.05, 0) is 61.9 Å². The molecule has 1 aliphatic heterocycles. The standard InChI is InChI=1S/C23H17BrN4O5/c1-13-10-15(14(2)26(13)18-4-3-5-19(12-18)28(32)33)11-20-21(29)25-23(31)27(22(20)30)17-8-6-16(24)7-9-17/h3-12H,1-2H3,(H,25,29,31)/b20-11+. The average molecular weight is 509 g/mol. The number of nitrogens with zero attached hydrogens (tertiary/aromatic N) is 3. The topological polar surface area (TPSA) is 115 Å². The Morgan fingerprint density at radius 1 is 1.00 bits per heavy atom. The Hall–Kier alpha value is -4.05. The minimum absolute atomic E-state index is 0.0506. The number of amides is 4. The number of barbiturate groups is 1. The maximum Gasteiger partial charge on any atom is 0.335 e. The second-order valence-electron chi connectivity index (χ2n) is 7.37. The van der Waals surface area contributed by atoms with Crippen molar-refractivity contribution in [3.8, 4) is 5.69 Å². The van der Waals surface area contributed by atoms with Crippen molar-refractivity contribution < 1.29 is 19.3 Å². The zero-order chi connectivity index (χ0) is 23.9. The lowest BCUT2D eigenvalue weighted by Crippen LogP contribution is -2.54. The predicted octanol–water partition coefficient (Wildman–Crippen LogP) is 4.43. The van der Waals surface area contributed by atoms with Crippen LogP contribution in [0.2, 0.25) is 0 Å². The smallest absolute Gasteiger partial charge is 0.318 e. The van der Waals surface area contributed by atoms with E-state index in [2.05, 4.69) is 21.2 Å². The summed E-state index contributed by atoms with van der Waals surface area (Å²) in [5, 5.41) is 13.4. The highest BCUT2D eigenvalue weighted by molar-refractivity contribution is 9.10. The summed E-state index contributed by atoms with van der Waals surface area (Å²) in [7, 11) is 0. The average Bonchev–Trinajstić information content (AvgIpc) is 3.05. The van der Waals surface area contributed by atoms with Crippen LogP contribution in [0, 0.1) is 24.0 Å². The van der Waals surface area contributed by atoms with Crippen molar-refractivity contribution in [1.82, 2.24) is 9.88 Å². The van der Waals surface area contributed by atoms with Gasteiger partial charge in [0.2, 0.25) is 0 Å². The monoisotopic (exact) mass is 508 g/mol. The van der Waals surface area contributed by atoms with Crippen LogP contribution in [0.4, 0.5) is 16.2 Å². The van der Waals surface area contributed by atoms with Crippen molar-refractivity contribution in [2.75, 3.05) is 4.90 Å². The van der Waals surface area contributed by atoms with Crippen LogP contribution in [0.25, 0.3) is 11.8 Å². The molecule has 0 aliphatic carbocycles. The van der Waals surface area contributed by atoms with Gasteiger partial charge in [0.15, 0.2) is 0 Å². The first-order chi connectivity index (χ1) is 15.7. The number of nitro benzene ring substituents is 1. The van der Waals surface area contributed by atoms with Crippen LogP contribution in [-0.4, -0.2) is 27.3 Å². The molecule has 0 saturated carbocycles. The van der Waals surface area contributed by atoms with Crippen molar-refractivity contribution in [1.29, 1.82) is 0 Å². The number of anilines is 1. The third-order valence-corrected chi connectivity index (χ3v) is 5.78. The van der Waals surface area contributed by atoms with E-state index in [1.54, 1.807) is 54.0 Å². The van der Waals surface area contributed by atoms with Gasteiger partial charge in [0.05, 0.1) is 16.3 Å². The van der Waals surface area contributed by atoms with E-state index in [4.69, 9.17) is 0 Å². The molecule has 1 aromatic heterocycles. The second-order valence-corrected chi connectivity index (χ2v) is 8.29. The largest absolute Gasteiger partial charge is 0.335 e. The number of hydrogen-bond donors (Lipinski definition) is 1. The molecular formula is C23H17BrN4O5. The molecule has 2 heterocycles. The number of imide groups is 2. The molecule has 1 aliphatic rings. The first kappa shape index (κ1) is 22.2. The number of halogens is 1. The summed E-state index contributed by atoms with van der Waals surface area (Å²) < 4.78 is 2.57. The first-order valence-corrected chi connectivity index (χ1v) is 10.6. The van der Waals surface area contributed by atoms with E-state index in [0.29, 0.717) is 22.6 Å². The maximum atomic E-state index is 13.1. The number of rotatable bonds is 4. The number of hydrogen-bond acceptors (Lipinski definition) is 5. The van der Waals surface area contributed by atoms with Crippen LogP contribution >= 0.6 is 15.9 Å². The number of carbonyl (C=O) groups is 3. The van der Waals surface area contributed by atoms with Crippen molar-refractivity contribution in [3.05, 3.63) is 91.7 Å². The molecule has 33 heavy (non-hydrogen) atoms.